The average molecular weight is 383 g/mol. The molecule has 1 fully saturated rings. The number of aliphatic imine (C=N–C) groups is 1. The quantitative estimate of drug-likeness (QED) is 0.717. The van der Waals surface area contributed by atoms with Gasteiger partial charge in [-0.25, -0.2) is 0 Å². The van der Waals surface area contributed by atoms with Crippen molar-refractivity contribution < 1.29 is 14.4 Å². The Morgan fingerprint density at radius 3 is 2.61 bits per heavy atom. The van der Waals surface area contributed by atoms with Gasteiger partial charge in [0.1, 0.15) is 24.7 Å². The minimum atomic E-state index is -0.583. The number of nitrogens with zero attached hydrogens (tertiary/aromatic N) is 3. The van der Waals surface area contributed by atoms with Gasteiger partial charge in [0.15, 0.2) is 0 Å². The molecule has 149 valence electrons. The van der Waals surface area contributed by atoms with Crippen LogP contribution in [0.2, 0.25) is 0 Å². The molecule has 3 unspecified atom stereocenters. The predicted molar refractivity (Wildman–Crippen MR) is 110 cm³/mol. The zero-order valence-corrected chi connectivity index (χ0v) is 17.6. The van der Waals surface area contributed by atoms with Crippen molar-refractivity contribution in [2.75, 3.05) is 6.54 Å². The number of hydrogen-bond donors (Lipinski definition) is 2. The molecule has 0 saturated carbocycles. The molecule has 3 atom stereocenters. The smallest absolute Gasteiger partial charge is 0.234 e. The molecule has 3 rings (SSSR count). The van der Waals surface area contributed by atoms with Crippen molar-refractivity contribution in [3.8, 4) is 0 Å². The van der Waals surface area contributed by atoms with E-state index in [-0.39, 0.29) is 35.5 Å². The Morgan fingerprint density at radius 2 is 2.11 bits per heavy atom. The van der Waals surface area contributed by atoms with Crippen LogP contribution in [0, 0.1) is 5.92 Å². The molecule has 1 amide bonds. The highest BCUT2D eigenvalue weighted by Crippen LogP contribution is 2.35. The molecule has 0 bridgehead atoms. The Bertz CT molecular complexity index is 775. The predicted octanol–water partition coefficient (Wildman–Crippen LogP) is 0.348. The van der Waals surface area contributed by atoms with Crippen LogP contribution in [0.5, 0.6) is 0 Å². The van der Waals surface area contributed by atoms with Gasteiger partial charge in [-0.1, -0.05) is 19.0 Å². The fourth-order valence-corrected chi connectivity index (χ4v) is 3.86. The van der Waals surface area contributed by atoms with Crippen molar-refractivity contribution in [1.82, 2.24) is 15.4 Å². The van der Waals surface area contributed by atoms with Crippen LogP contribution < -0.4 is 10.9 Å². The van der Waals surface area contributed by atoms with E-state index in [4.69, 9.17) is 17.3 Å². The van der Waals surface area contributed by atoms with E-state index in [9.17, 15) is 9.90 Å². The van der Waals surface area contributed by atoms with E-state index < -0.39 is 12.0 Å². The Morgan fingerprint density at radius 1 is 1.43 bits per heavy atom. The molecule has 2 aliphatic rings. The molecule has 3 radical (unpaired) electrons. The monoisotopic (exact) mass is 383 g/mol. The van der Waals surface area contributed by atoms with Gasteiger partial charge in [-0.2, -0.15) is 0 Å². The molecule has 1 aromatic rings. The fraction of sp³-hybridized carbons (Fsp3) is 0.737. The molecule has 9 heteroatoms. The molecule has 0 aliphatic carbocycles. The number of carbonyl (C=O) groups is 1. The Kier molecular flexibility index (Phi) is 5.42. The van der Waals surface area contributed by atoms with Crippen LogP contribution in [0.3, 0.4) is 0 Å². The summed E-state index contributed by atoms with van der Waals surface area (Å²) in [6.45, 7) is 12.5. The SMILES string of the molecule is [B][B]c1cc(C(C(=O)N2CC(O)CC2C2=NC(C)(C)C(C)(C)N2)C(C)C)on1. The highest BCUT2D eigenvalue weighted by Gasteiger charge is 2.49. The molecule has 0 spiro atoms. The van der Waals surface area contributed by atoms with Gasteiger partial charge >= 0.3 is 0 Å². The molecule has 3 heterocycles. The summed E-state index contributed by atoms with van der Waals surface area (Å²) in [4.78, 5) is 20.1. The second-order valence-corrected chi connectivity index (χ2v) is 9.24. The summed E-state index contributed by atoms with van der Waals surface area (Å²) in [6.07, 6.45) is -0.118. The van der Waals surface area contributed by atoms with E-state index in [1.165, 1.54) is 7.17 Å². The number of amides is 1. The van der Waals surface area contributed by atoms with Crippen molar-refractivity contribution in [2.24, 2.45) is 10.9 Å². The third-order valence-corrected chi connectivity index (χ3v) is 6.20. The number of amidine groups is 1. The molecule has 1 saturated heterocycles. The maximum atomic E-state index is 13.5. The van der Waals surface area contributed by atoms with E-state index in [2.05, 4.69) is 38.2 Å². The number of aliphatic hydroxyl groups excluding tert-OH is 1. The van der Waals surface area contributed by atoms with Gasteiger partial charge in [0, 0.05) is 26.3 Å². The van der Waals surface area contributed by atoms with Crippen LogP contribution in [-0.4, -0.2) is 71.6 Å². The van der Waals surface area contributed by atoms with Gasteiger partial charge in [-0.3, -0.25) is 9.79 Å². The largest absolute Gasteiger partial charge is 0.391 e. The number of likely N-dealkylation sites (tertiary alicyclic amines) is 1. The molecular formula is C19H29B2N4O3. The van der Waals surface area contributed by atoms with Crippen molar-refractivity contribution in [3.63, 3.8) is 0 Å². The lowest BCUT2D eigenvalue weighted by atomic mass is 9.53. The number of rotatable bonds is 5. The standard InChI is InChI=1S/C19H29B2N4O3/c1-10(2)15(13-8-14(21-20)24-28-13)17(27)25-9-11(26)7-12(25)16-22-18(3,4)19(5,6)23-16/h8,10-12,15,26H,7,9H2,1-6H3,(H,22,23). The van der Waals surface area contributed by atoms with Gasteiger partial charge < -0.3 is 19.8 Å². The average Bonchev–Trinajstić information content (AvgIpc) is 3.24. The second kappa shape index (κ2) is 7.25. The molecule has 0 aromatic carbocycles. The summed E-state index contributed by atoms with van der Waals surface area (Å²) in [6, 6.07) is 1.41. The third-order valence-electron chi connectivity index (χ3n) is 6.20. The Balaban J connectivity index is 1.90. The third kappa shape index (κ3) is 3.61. The minimum Gasteiger partial charge on any atom is -0.391 e. The molecule has 7 nitrogen and oxygen atoms in total. The first-order valence-electron chi connectivity index (χ1n) is 9.85. The van der Waals surface area contributed by atoms with Gasteiger partial charge in [0.2, 0.25) is 5.91 Å². The molecule has 28 heavy (non-hydrogen) atoms. The first-order valence-corrected chi connectivity index (χ1v) is 9.85. The number of carbonyl (C=O) groups excluding carboxylic acids is 1. The zero-order valence-electron chi connectivity index (χ0n) is 17.6. The Labute approximate surface area is 169 Å². The molecule has 1 aromatic heterocycles. The van der Waals surface area contributed by atoms with Crippen LogP contribution in [-0.2, 0) is 4.79 Å². The van der Waals surface area contributed by atoms with Crippen molar-refractivity contribution in [3.05, 3.63) is 11.8 Å². The van der Waals surface area contributed by atoms with E-state index in [0.717, 1.165) is 5.84 Å². The van der Waals surface area contributed by atoms with Gasteiger partial charge in [0.05, 0.1) is 23.2 Å². The van der Waals surface area contributed by atoms with Crippen LogP contribution in [0.15, 0.2) is 15.6 Å². The van der Waals surface area contributed by atoms with E-state index in [1.54, 1.807) is 11.0 Å². The Hall–Kier alpha value is -1.76. The van der Waals surface area contributed by atoms with Crippen LogP contribution in [0.1, 0.15) is 59.6 Å². The van der Waals surface area contributed by atoms with Gasteiger partial charge in [-0.05, 0) is 39.7 Å². The first-order chi connectivity index (χ1) is 13.0. The summed E-state index contributed by atoms with van der Waals surface area (Å²) in [5, 5.41) is 17.7. The number of aliphatic hydroxyl groups is 1. The lowest BCUT2D eigenvalue weighted by Gasteiger charge is -2.33. The normalized spacial score (nSPS) is 26.9. The lowest BCUT2D eigenvalue weighted by Crippen LogP contribution is -2.54. The van der Waals surface area contributed by atoms with Crippen molar-refractivity contribution in [1.29, 1.82) is 0 Å². The molecule has 2 N–H and O–H groups in total. The lowest BCUT2D eigenvalue weighted by molar-refractivity contribution is -0.134. The maximum absolute atomic E-state index is 13.5. The highest BCUT2D eigenvalue weighted by atomic mass is 16.5. The molecular weight excluding hydrogens is 354 g/mol. The van der Waals surface area contributed by atoms with E-state index in [0.29, 0.717) is 17.8 Å². The summed E-state index contributed by atoms with van der Waals surface area (Å²) in [5.74, 6) is 0.644. The first kappa shape index (κ1) is 21.0. The van der Waals surface area contributed by atoms with E-state index >= 15 is 0 Å². The highest BCUT2D eigenvalue weighted by molar-refractivity contribution is 6.97. The number of aromatic nitrogens is 1. The van der Waals surface area contributed by atoms with E-state index in [1.807, 2.05) is 13.8 Å². The number of hydrogen-bond acceptors (Lipinski definition) is 6. The summed E-state index contributed by atoms with van der Waals surface area (Å²) in [5.41, 5.74) is -0.0469. The summed E-state index contributed by atoms with van der Waals surface area (Å²) < 4.78 is 5.40. The van der Waals surface area contributed by atoms with Gasteiger partial charge in [0.25, 0.3) is 0 Å². The topological polar surface area (TPSA) is 91.0 Å². The zero-order chi connectivity index (χ0) is 20.9. The minimum absolute atomic E-state index is 0.00387. The summed E-state index contributed by atoms with van der Waals surface area (Å²) >= 11 is 0. The maximum Gasteiger partial charge on any atom is 0.234 e. The number of β-amino-alcohol motifs (C(OH)–C–C–N with tert-alkyl or cyclic N) is 1. The van der Waals surface area contributed by atoms with Gasteiger partial charge in [-0.15, -0.1) is 0 Å². The van der Waals surface area contributed by atoms with Crippen molar-refractivity contribution in [2.45, 2.75) is 77.1 Å². The van der Waals surface area contributed by atoms with Crippen LogP contribution in [0.4, 0.5) is 0 Å². The second-order valence-electron chi connectivity index (χ2n) is 9.24. The number of nitrogens with one attached hydrogen (secondary N) is 1. The fourth-order valence-electron chi connectivity index (χ4n) is 3.86. The van der Waals surface area contributed by atoms with Crippen LogP contribution in [0.25, 0.3) is 0 Å². The molecule has 2 aliphatic heterocycles. The van der Waals surface area contributed by atoms with Crippen LogP contribution >= 0.6 is 0 Å². The summed E-state index contributed by atoms with van der Waals surface area (Å²) in [7, 11) is 6.86. The van der Waals surface area contributed by atoms with Crippen molar-refractivity contribution >= 4 is 32.2 Å².